The van der Waals surface area contributed by atoms with Crippen LogP contribution < -0.4 is 4.74 Å². The maximum atomic E-state index is 13.7. The number of carbonyl (C=O) groups excluding carboxylic acids is 1. The van der Waals surface area contributed by atoms with Crippen molar-refractivity contribution >= 4 is 45.7 Å². The molecule has 1 aromatic heterocycles. The van der Waals surface area contributed by atoms with Gasteiger partial charge in [-0.05, 0) is 98.0 Å². The van der Waals surface area contributed by atoms with Gasteiger partial charge in [-0.3, -0.25) is 4.79 Å². The fourth-order valence-corrected chi connectivity index (χ4v) is 6.24. The Kier molecular flexibility index (Phi) is 6.93. The van der Waals surface area contributed by atoms with Crippen LogP contribution in [-0.2, 0) is 17.4 Å². The van der Waals surface area contributed by atoms with E-state index in [-0.39, 0.29) is 16.6 Å². The van der Waals surface area contributed by atoms with E-state index >= 15 is 0 Å². The number of pyridine rings is 1. The van der Waals surface area contributed by atoms with Gasteiger partial charge in [0, 0.05) is 15.8 Å². The molecule has 0 fully saturated rings. The first kappa shape index (κ1) is 29.0. The number of ketones is 1. The first-order chi connectivity index (χ1) is 20.2. The maximum absolute atomic E-state index is 13.7. The molecular formula is C38H37NO3S. The normalized spacial score (nSPS) is 15.4. The van der Waals surface area contributed by atoms with E-state index in [9.17, 15) is 9.90 Å². The number of hydrogen-bond acceptors (Lipinski definition) is 5. The van der Waals surface area contributed by atoms with Gasteiger partial charge >= 0.3 is 0 Å². The van der Waals surface area contributed by atoms with Gasteiger partial charge in [0.25, 0.3) is 0 Å². The third kappa shape index (κ3) is 5.21. The molecule has 0 saturated heterocycles. The summed E-state index contributed by atoms with van der Waals surface area (Å²) in [6.07, 6.45) is 0. The van der Waals surface area contributed by atoms with E-state index in [0.29, 0.717) is 34.9 Å². The molecule has 1 unspecified atom stereocenters. The molecule has 1 N–H and O–H groups in total. The third-order valence-corrected chi connectivity index (χ3v) is 8.64. The molecule has 4 nitrogen and oxygen atoms in total. The molecule has 43 heavy (non-hydrogen) atoms. The second-order valence-corrected chi connectivity index (χ2v) is 14.2. The number of ether oxygens (including phenoxy) is 1. The topological polar surface area (TPSA) is 59.4 Å². The number of nitrogens with zero attached hydrogens (tertiary/aromatic N) is 1. The summed E-state index contributed by atoms with van der Waals surface area (Å²) in [7, 11) is 0. The molecular weight excluding hydrogens is 550 g/mol. The van der Waals surface area contributed by atoms with E-state index in [4.69, 9.17) is 9.72 Å². The highest BCUT2D eigenvalue weighted by Crippen LogP contribution is 2.44. The van der Waals surface area contributed by atoms with E-state index in [0.717, 1.165) is 48.9 Å². The molecule has 1 heterocycles. The Labute approximate surface area is 258 Å². The largest absolute Gasteiger partial charge is 0.507 e. The van der Waals surface area contributed by atoms with Crippen molar-refractivity contribution < 1.29 is 14.6 Å². The van der Waals surface area contributed by atoms with Crippen LogP contribution in [-0.4, -0.2) is 15.9 Å². The number of thiol groups is 1. The smallest absolute Gasteiger partial charge is 0.176 e. The molecule has 0 radical (unpaired) electrons. The summed E-state index contributed by atoms with van der Waals surface area (Å²) < 4.78 is 6.42. The predicted molar refractivity (Wildman–Crippen MR) is 179 cm³/mol. The summed E-state index contributed by atoms with van der Waals surface area (Å²) in [5, 5.41) is 14.1. The molecule has 4 aromatic carbocycles. The van der Waals surface area contributed by atoms with Crippen LogP contribution >= 0.6 is 12.6 Å². The van der Waals surface area contributed by atoms with Gasteiger partial charge in [0.1, 0.15) is 23.6 Å². The lowest BCUT2D eigenvalue weighted by atomic mass is 9.78. The average Bonchev–Trinajstić information content (AvgIpc) is 3.18. The molecule has 0 aliphatic heterocycles. The van der Waals surface area contributed by atoms with Gasteiger partial charge in [-0.2, -0.15) is 0 Å². The standard InChI is InChI=1S/C38H37NO3S/c1-21-27-18-24-11-13-26(43)17-25(24)19-28(27)35(40)33(21)31-14-12-23-9-8-10-32(34(23)39-31)42-20-22-15-29(37(2,3)4)36(41)30(16-22)38(5,6)7/h8-19,33,41,43H,1,20H2,2-7H3. The molecule has 5 heteroatoms. The van der Waals surface area contributed by atoms with Crippen molar-refractivity contribution in [3.05, 3.63) is 113 Å². The summed E-state index contributed by atoms with van der Waals surface area (Å²) >= 11 is 4.47. The van der Waals surface area contributed by atoms with Crippen LogP contribution in [0, 0.1) is 0 Å². The molecule has 0 amide bonds. The Bertz CT molecular complexity index is 1920. The van der Waals surface area contributed by atoms with Crippen LogP contribution in [0.5, 0.6) is 11.5 Å². The van der Waals surface area contributed by atoms with Crippen LogP contribution in [0.25, 0.3) is 27.2 Å². The monoisotopic (exact) mass is 587 g/mol. The summed E-state index contributed by atoms with van der Waals surface area (Å²) in [4.78, 5) is 19.6. The molecule has 0 spiro atoms. The van der Waals surface area contributed by atoms with Crippen molar-refractivity contribution in [3.8, 4) is 11.5 Å². The van der Waals surface area contributed by atoms with Gasteiger partial charge in [-0.1, -0.05) is 72.4 Å². The lowest BCUT2D eigenvalue weighted by Gasteiger charge is -2.28. The van der Waals surface area contributed by atoms with Crippen molar-refractivity contribution in [3.63, 3.8) is 0 Å². The zero-order valence-electron chi connectivity index (χ0n) is 25.6. The van der Waals surface area contributed by atoms with Crippen LogP contribution in [0.3, 0.4) is 0 Å². The minimum Gasteiger partial charge on any atom is -0.507 e. The van der Waals surface area contributed by atoms with E-state index in [1.165, 1.54) is 0 Å². The Hall–Kier alpha value is -4.09. The number of hydrogen-bond donors (Lipinski definition) is 2. The van der Waals surface area contributed by atoms with Crippen molar-refractivity contribution in [1.29, 1.82) is 0 Å². The highest BCUT2D eigenvalue weighted by atomic mass is 32.1. The Morgan fingerprint density at radius 2 is 1.49 bits per heavy atom. The number of phenols is 1. The van der Waals surface area contributed by atoms with Crippen molar-refractivity contribution in [1.82, 2.24) is 4.98 Å². The number of allylic oxidation sites excluding steroid dienone is 1. The molecule has 218 valence electrons. The van der Waals surface area contributed by atoms with Gasteiger partial charge in [-0.15, -0.1) is 12.6 Å². The fourth-order valence-electron chi connectivity index (χ4n) is 6.03. The first-order valence-electron chi connectivity index (χ1n) is 14.6. The molecule has 0 bridgehead atoms. The SMILES string of the molecule is C=C1c2cc3ccc(S)cc3cc2C(=O)C1c1ccc2cccc(OCc3cc(C(C)(C)C)c(O)c(C(C)(C)C)c3)c2n1. The molecule has 5 aromatic rings. The van der Waals surface area contributed by atoms with E-state index < -0.39 is 5.92 Å². The average molecular weight is 588 g/mol. The van der Waals surface area contributed by atoms with Gasteiger partial charge in [0.15, 0.2) is 5.78 Å². The zero-order chi connectivity index (χ0) is 30.8. The molecule has 6 rings (SSSR count). The van der Waals surface area contributed by atoms with E-state index in [1.54, 1.807) is 0 Å². The van der Waals surface area contributed by atoms with Crippen molar-refractivity contribution in [2.75, 3.05) is 0 Å². The number of aromatic nitrogens is 1. The fraction of sp³-hybridized carbons (Fsp3) is 0.263. The third-order valence-electron chi connectivity index (χ3n) is 8.36. The van der Waals surface area contributed by atoms with Crippen molar-refractivity contribution in [2.45, 2.75) is 69.8 Å². The second kappa shape index (κ2) is 10.3. The summed E-state index contributed by atoms with van der Waals surface area (Å²) in [5.74, 6) is 0.440. The molecule has 0 saturated carbocycles. The number of phenolic OH excluding ortho intramolecular Hbond substituents is 1. The predicted octanol–water partition coefficient (Wildman–Crippen LogP) is 9.55. The number of aromatic hydroxyl groups is 1. The van der Waals surface area contributed by atoms with Crippen molar-refractivity contribution in [2.24, 2.45) is 0 Å². The second-order valence-electron chi connectivity index (χ2n) is 13.6. The highest BCUT2D eigenvalue weighted by molar-refractivity contribution is 7.80. The van der Waals surface area contributed by atoms with E-state index in [2.05, 4.69) is 60.8 Å². The summed E-state index contributed by atoms with van der Waals surface area (Å²) in [6.45, 7) is 17.3. The zero-order valence-corrected chi connectivity index (χ0v) is 26.5. The quantitative estimate of drug-likeness (QED) is 0.206. The molecule has 1 aliphatic carbocycles. The number of fused-ring (bicyclic) bond motifs is 3. The Balaban J connectivity index is 1.36. The maximum Gasteiger partial charge on any atom is 0.176 e. The molecule has 1 atom stereocenters. The lowest BCUT2D eigenvalue weighted by Crippen LogP contribution is -2.18. The van der Waals surface area contributed by atoms with Crippen LogP contribution in [0.15, 0.2) is 84.3 Å². The summed E-state index contributed by atoms with van der Waals surface area (Å²) in [6, 6.07) is 23.8. The number of carbonyl (C=O) groups is 1. The van der Waals surface area contributed by atoms with Crippen LogP contribution in [0.4, 0.5) is 0 Å². The van der Waals surface area contributed by atoms with Gasteiger partial charge in [0.2, 0.25) is 0 Å². The number of rotatable bonds is 4. The number of para-hydroxylation sites is 1. The Morgan fingerprint density at radius 3 is 2.16 bits per heavy atom. The lowest BCUT2D eigenvalue weighted by molar-refractivity contribution is 0.0985. The first-order valence-corrected chi connectivity index (χ1v) is 15.1. The summed E-state index contributed by atoms with van der Waals surface area (Å²) in [5.41, 5.74) is 5.97. The van der Waals surface area contributed by atoms with E-state index in [1.807, 2.05) is 72.8 Å². The molecule has 1 aliphatic rings. The highest BCUT2D eigenvalue weighted by Gasteiger charge is 2.36. The number of Topliss-reactive ketones (excluding diaryl/α,β-unsaturated/α-hetero) is 1. The minimum absolute atomic E-state index is 0.00484. The van der Waals surface area contributed by atoms with Crippen LogP contribution in [0.1, 0.15) is 85.8 Å². The van der Waals surface area contributed by atoms with Gasteiger partial charge in [-0.25, -0.2) is 4.98 Å². The van der Waals surface area contributed by atoms with Crippen LogP contribution in [0.2, 0.25) is 0 Å². The number of benzene rings is 4. The van der Waals surface area contributed by atoms with Gasteiger partial charge < -0.3 is 9.84 Å². The Morgan fingerprint density at radius 1 is 0.837 bits per heavy atom. The minimum atomic E-state index is -0.555. The van der Waals surface area contributed by atoms with Gasteiger partial charge in [0.05, 0.1) is 11.6 Å².